The van der Waals surface area contributed by atoms with Gasteiger partial charge in [-0.05, 0) is 32.6 Å². The van der Waals surface area contributed by atoms with Gasteiger partial charge in [-0.25, -0.2) is 4.79 Å². The number of aryl methyl sites for hydroxylation is 1. The van der Waals surface area contributed by atoms with E-state index in [4.69, 9.17) is 4.74 Å². The number of nitrogens with one attached hydrogen (secondary N) is 1. The zero-order valence-electron chi connectivity index (χ0n) is 16.5. The lowest BCUT2D eigenvalue weighted by molar-refractivity contribution is -0.150. The summed E-state index contributed by atoms with van der Waals surface area (Å²) in [5.74, 6) is -1.47. The monoisotopic (exact) mass is 386 g/mol. The summed E-state index contributed by atoms with van der Waals surface area (Å²) < 4.78 is 5.20. The van der Waals surface area contributed by atoms with Crippen molar-refractivity contribution in [3.63, 3.8) is 0 Å². The van der Waals surface area contributed by atoms with E-state index in [1.165, 1.54) is 6.92 Å². The molecule has 3 atom stereocenters. The van der Waals surface area contributed by atoms with Crippen molar-refractivity contribution >= 4 is 23.7 Å². The van der Waals surface area contributed by atoms with Gasteiger partial charge in [0.15, 0.2) is 6.10 Å². The second kappa shape index (κ2) is 7.73. The highest BCUT2D eigenvalue weighted by Crippen LogP contribution is 2.38. The molecule has 150 valence electrons. The molecule has 0 bridgehead atoms. The fourth-order valence-electron chi connectivity index (χ4n) is 4.01. The molecule has 0 unspecified atom stereocenters. The van der Waals surface area contributed by atoms with Crippen LogP contribution in [0.5, 0.6) is 0 Å². The van der Waals surface area contributed by atoms with Gasteiger partial charge >= 0.3 is 12.0 Å². The van der Waals surface area contributed by atoms with Crippen molar-refractivity contribution in [1.82, 2.24) is 10.2 Å². The van der Waals surface area contributed by atoms with Crippen molar-refractivity contribution in [1.29, 1.82) is 0 Å². The summed E-state index contributed by atoms with van der Waals surface area (Å²) in [6, 6.07) is 6.38. The summed E-state index contributed by atoms with van der Waals surface area (Å²) in [4.78, 5) is 50.8. The van der Waals surface area contributed by atoms with E-state index < -0.39 is 30.2 Å². The molecule has 28 heavy (non-hydrogen) atoms. The Labute approximate surface area is 164 Å². The number of hydrogen-bond donors (Lipinski definition) is 1. The summed E-state index contributed by atoms with van der Waals surface area (Å²) in [5, 5.41) is 2.79. The van der Waals surface area contributed by atoms with Crippen LogP contribution in [0.25, 0.3) is 0 Å². The van der Waals surface area contributed by atoms with Crippen LogP contribution >= 0.6 is 0 Å². The van der Waals surface area contributed by atoms with Gasteiger partial charge in [0.2, 0.25) is 5.78 Å². The Morgan fingerprint density at radius 3 is 2.57 bits per heavy atom. The van der Waals surface area contributed by atoms with Crippen LogP contribution in [0.1, 0.15) is 55.5 Å². The maximum absolute atomic E-state index is 12.9. The van der Waals surface area contributed by atoms with E-state index in [1.807, 2.05) is 13.8 Å². The van der Waals surface area contributed by atoms with E-state index in [-0.39, 0.29) is 17.6 Å². The van der Waals surface area contributed by atoms with E-state index in [0.717, 1.165) is 29.7 Å². The van der Waals surface area contributed by atoms with Gasteiger partial charge in [0, 0.05) is 5.56 Å². The van der Waals surface area contributed by atoms with Gasteiger partial charge in [0.1, 0.15) is 12.1 Å². The van der Waals surface area contributed by atoms with Crippen molar-refractivity contribution in [3.05, 3.63) is 35.4 Å². The molecule has 3 rings (SSSR count). The minimum absolute atomic E-state index is 0.0146. The second-order valence-corrected chi connectivity index (χ2v) is 7.80. The largest absolute Gasteiger partial charge is 0.453 e. The van der Waals surface area contributed by atoms with E-state index in [0.29, 0.717) is 12.0 Å². The highest BCUT2D eigenvalue weighted by Gasteiger charge is 2.55. The van der Waals surface area contributed by atoms with Gasteiger partial charge in [0.25, 0.3) is 5.91 Å². The van der Waals surface area contributed by atoms with Crippen molar-refractivity contribution in [2.24, 2.45) is 5.92 Å². The van der Waals surface area contributed by atoms with Crippen molar-refractivity contribution in [2.45, 2.75) is 58.1 Å². The number of ketones is 1. The number of carbonyl (C=O) groups excluding carboxylic acids is 4. The van der Waals surface area contributed by atoms with E-state index in [9.17, 15) is 19.2 Å². The molecule has 1 saturated carbocycles. The SMILES string of the molecule is Cc1ccc(C(=O)[C@H](C)OC(=O)CN2C(=O)N[C@@]3(CCCC[C@@H]3C)C2=O)cc1. The zero-order chi connectivity index (χ0) is 20.5. The predicted molar refractivity (Wildman–Crippen MR) is 102 cm³/mol. The Kier molecular flexibility index (Phi) is 5.54. The number of benzene rings is 1. The third kappa shape index (κ3) is 3.66. The Bertz CT molecular complexity index is 804. The maximum Gasteiger partial charge on any atom is 0.326 e. The number of rotatable bonds is 5. The first-order valence-electron chi connectivity index (χ1n) is 9.69. The highest BCUT2D eigenvalue weighted by atomic mass is 16.5. The van der Waals surface area contributed by atoms with Gasteiger partial charge < -0.3 is 10.1 Å². The van der Waals surface area contributed by atoms with Crippen LogP contribution in [0.2, 0.25) is 0 Å². The quantitative estimate of drug-likeness (QED) is 0.477. The summed E-state index contributed by atoms with van der Waals surface area (Å²) in [6.45, 7) is 4.85. The Morgan fingerprint density at radius 2 is 1.93 bits per heavy atom. The number of imide groups is 1. The first-order valence-corrected chi connectivity index (χ1v) is 9.69. The van der Waals surface area contributed by atoms with Crippen LogP contribution < -0.4 is 5.32 Å². The number of Topliss-reactive ketones (excluding diaryl/α,β-unsaturated/α-hetero) is 1. The van der Waals surface area contributed by atoms with E-state index in [2.05, 4.69) is 5.32 Å². The molecule has 1 aromatic carbocycles. The number of hydrogen-bond acceptors (Lipinski definition) is 5. The molecule has 1 aliphatic carbocycles. The average Bonchev–Trinajstić information content (AvgIpc) is 2.89. The number of amides is 3. The topological polar surface area (TPSA) is 92.8 Å². The zero-order valence-corrected chi connectivity index (χ0v) is 16.5. The predicted octanol–water partition coefficient (Wildman–Crippen LogP) is 2.61. The van der Waals surface area contributed by atoms with Gasteiger partial charge in [0.05, 0.1) is 0 Å². The third-order valence-corrected chi connectivity index (χ3v) is 5.80. The molecule has 7 nitrogen and oxygen atoms in total. The number of esters is 1. The Balaban J connectivity index is 1.62. The van der Waals surface area contributed by atoms with Crippen LogP contribution in [-0.2, 0) is 14.3 Å². The maximum atomic E-state index is 12.9. The number of urea groups is 1. The third-order valence-electron chi connectivity index (χ3n) is 5.80. The molecule has 7 heteroatoms. The van der Waals surface area contributed by atoms with Crippen molar-refractivity contribution in [2.75, 3.05) is 6.54 Å². The molecule has 1 N–H and O–H groups in total. The Hall–Kier alpha value is -2.70. The molecule has 3 amide bonds. The lowest BCUT2D eigenvalue weighted by Gasteiger charge is -2.36. The van der Waals surface area contributed by atoms with Crippen LogP contribution in [0.15, 0.2) is 24.3 Å². The number of carbonyl (C=O) groups is 4. The molecule has 1 spiro atoms. The number of nitrogens with zero attached hydrogens (tertiary/aromatic N) is 1. The van der Waals surface area contributed by atoms with Crippen molar-refractivity contribution < 1.29 is 23.9 Å². The molecular weight excluding hydrogens is 360 g/mol. The molecule has 1 aromatic rings. The summed E-state index contributed by atoms with van der Waals surface area (Å²) in [5.41, 5.74) is 0.542. The highest BCUT2D eigenvalue weighted by molar-refractivity contribution is 6.09. The molecule has 0 radical (unpaired) electrons. The molecule has 2 aliphatic rings. The van der Waals surface area contributed by atoms with Gasteiger partial charge in [-0.1, -0.05) is 49.6 Å². The fraction of sp³-hybridized carbons (Fsp3) is 0.524. The van der Waals surface area contributed by atoms with Gasteiger partial charge in [-0.3, -0.25) is 19.3 Å². The Morgan fingerprint density at radius 1 is 1.25 bits per heavy atom. The van der Waals surface area contributed by atoms with E-state index in [1.54, 1.807) is 24.3 Å². The molecule has 0 aromatic heterocycles. The summed E-state index contributed by atoms with van der Waals surface area (Å²) in [6.07, 6.45) is 2.31. The molecule has 1 aliphatic heterocycles. The summed E-state index contributed by atoms with van der Waals surface area (Å²) >= 11 is 0. The standard InChI is InChI=1S/C21H26N2O5/c1-13-7-9-16(10-8-13)18(25)15(3)28-17(24)12-23-19(26)21(22-20(23)27)11-5-4-6-14(21)2/h7-10,14-15H,4-6,11-12H2,1-3H3,(H,22,27)/t14-,15-,21+/m0/s1. The smallest absolute Gasteiger partial charge is 0.326 e. The number of ether oxygens (including phenoxy) is 1. The summed E-state index contributed by atoms with van der Waals surface area (Å²) in [7, 11) is 0. The second-order valence-electron chi connectivity index (χ2n) is 7.80. The molecular formula is C21H26N2O5. The van der Waals surface area contributed by atoms with Gasteiger partial charge in [-0.15, -0.1) is 0 Å². The lowest BCUT2D eigenvalue weighted by atomic mass is 9.73. The van der Waals surface area contributed by atoms with E-state index >= 15 is 0 Å². The normalized spacial score (nSPS) is 25.5. The first kappa shape index (κ1) is 20.0. The molecule has 1 heterocycles. The van der Waals surface area contributed by atoms with Crippen LogP contribution in [0.3, 0.4) is 0 Å². The van der Waals surface area contributed by atoms with Crippen LogP contribution in [-0.4, -0.2) is 46.8 Å². The fourth-order valence-corrected chi connectivity index (χ4v) is 4.01. The lowest BCUT2D eigenvalue weighted by Crippen LogP contribution is -2.54. The average molecular weight is 386 g/mol. The molecule has 2 fully saturated rings. The van der Waals surface area contributed by atoms with Crippen LogP contribution in [0, 0.1) is 12.8 Å². The minimum Gasteiger partial charge on any atom is -0.453 e. The first-order chi connectivity index (χ1) is 13.2. The van der Waals surface area contributed by atoms with Crippen LogP contribution in [0.4, 0.5) is 4.79 Å². The van der Waals surface area contributed by atoms with Gasteiger partial charge in [-0.2, -0.15) is 0 Å². The minimum atomic E-state index is -1.00. The molecule has 1 saturated heterocycles. The van der Waals surface area contributed by atoms with Crippen molar-refractivity contribution in [3.8, 4) is 0 Å².